The van der Waals surface area contributed by atoms with Crippen LogP contribution >= 0.6 is 0 Å². The number of nitrogens with one attached hydrogen (secondary N) is 2. The fourth-order valence-electron chi connectivity index (χ4n) is 4.65. The van der Waals surface area contributed by atoms with Gasteiger partial charge in [0.05, 0.1) is 0 Å². The van der Waals surface area contributed by atoms with Gasteiger partial charge >= 0.3 is 16.3 Å². The minimum Gasteiger partial charge on any atom is -0.443 e. The number of fused-ring (bicyclic) bond motifs is 1. The molecule has 0 aromatic carbocycles. The maximum absolute atomic E-state index is 13.0. The lowest BCUT2D eigenvalue weighted by Crippen LogP contribution is -2.49. The van der Waals surface area contributed by atoms with E-state index in [-0.39, 0.29) is 12.3 Å². The molecule has 0 radical (unpaired) electrons. The maximum Gasteiger partial charge on any atom is 0.422 e. The second-order valence-corrected chi connectivity index (χ2v) is 11.3. The highest BCUT2D eigenvalue weighted by Gasteiger charge is 2.64. The van der Waals surface area contributed by atoms with Gasteiger partial charge in [-0.3, -0.25) is 4.79 Å². The molecule has 1 spiro atoms. The molecule has 0 aromatic rings. The molecule has 0 aromatic heterocycles. The molecule has 0 saturated heterocycles. The molecule has 3 N–H and O–H groups in total. The highest BCUT2D eigenvalue weighted by atomic mass is 32.2. The molecule has 0 heterocycles. The first-order chi connectivity index (χ1) is 14.1. The van der Waals surface area contributed by atoms with Gasteiger partial charge in [0.1, 0.15) is 11.2 Å². The van der Waals surface area contributed by atoms with E-state index in [1.807, 2.05) is 24.6 Å². The van der Waals surface area contributed by atoms with E-state index in [0.717, 1.165) is 35.1 Å². The van der Waals surface area contributed by atoms with Crippen molar-refractivity contribution in [2.45, 2.75) is 78.4 Å². The van der Waals surface area contributed by atoms with Crippen molar-refractivity contribution in [3.05, 3.63) is 33.9 Å². The molecule has 0 aliphatic heterocycles. The molecular weight excluding hydrogens is 420 g/mol. The lowest BCUT2D eigenvalue weighted by atomic mass is 9.67. The number of ketones is 1. The maximum atomic E-state index is 13.0. The molecular formula is C22H32N2O6S. The second kappa shape index (κ2) is 7.56. The summed E-state index contributed by atoms with van der Waals surface area (Å²) in [5.41, 5.74) is 1.83. The lowest BCUT2D eigenvalue weighted by molar-refractivity contribution is -0.137. The van der Waals surface area contributed by atoms with Crippen molar-refractivity contribution >= 4 is 22.1 Å². The molecule has 9 heteroatoms. The number of hydrogen-bond acceptors (Lipinski definition) is 6. The number of ether oxygens (including phenoxy) is 1. The van der Waals surface area contributed by atoms with Crippen molar-refractivity contribution in [2.24, 2.45) is 5.41 Å². The lowest BCUT2D eigenvalue weighted by Gasteiger charge is -2.39. The van der Waals surface area contributed by atoms with E-state index in [2.05, 4.69) is 4.72 Å². The molecule has 1 atom stereocenters. The number of Topliss-reactive ketones (excluding diaryl/α,β-unsaturated/α-hetero) is 1. The summed E-state index contributed by atoms with van der Waals surface area (Å²) in [4.78, 5) is 24.6. The second-order valence-electron chi connectivity index (χ2n) is 9.81. The molecule has 1 amide bonds. The zero-order chi connectivity index (χ0) is 23.4. The summed E-state index contributed by atoms with van der Waals surface area (Å²) in [6.07, 6.45) is 3.42. The molecule has 1 saturated carbocycles. The van der Waals surface area contributed by atoms with Gasteiger partial charge in [-0.15, -0.1) is 0 Å². The van der Waals surface area contributed by atoms with Gasteiger partial charge in [-0.1, -0.05) is 5.57 Å². The van der Waals surface area contributed by atoms with Gasteiger partial charge in [0.25, 0.3) is 0 Å². The molecule has 1 fully saturated rings. The number of carbonyl (C=O) groups is 2. The zero-order valence-corrected chi connectivity index (χ0v) is 19.8. The van der Waals surface area contributed by atoms with Crippen LogP contribution in [0.2, 0.25) is 0 Å². The van der Waals surface area contributed by atoms with Gasteiger partial charge in [0.15, 0.2) is 5.78 Å². The number of hydrogen-bond donors (Lipinski definition) is 3. The Hall–Kier alpha value is -1.97. The number of rotatable bonds is 6. The van der Waals surface area contributed by atoms with Crippen LogP contribution in [0, 0.1) is 5.41 Å². The Balaban J connectivity index is 1.63. The first-order valence-corrected chi connectivity index (χ1v) is 12.0. The molecule has 0 bridgehead atoms. The number of allylic oxidation sites excluding steroid dienone is 4. The van der Waals surface area contributed by atoms with Crippen molar-refractivity contribution in [3.8, 4) is 0 Å². The van der Waals surface area contributed by atoms with Crippen molar-refractivity contribution in [3.63, 3.8) is 0 Å². The minimum atomic E-state index is -4.03. The van der Waals surface area contributed by atoms with E-state index in [9.17, 15) is 23.1 Å². The Morgan fingerprint density at radius 2 is 1.87 bits per heavy atom. The molecule has 8 nitrogen and oxygen atoms in total. The first kappa shape index (κ1) is 23.7. The summed E-state index contributed by atoms with van der Waals surface area (Å²) in [7, 11) is -4.03. The topological polar surface area (TPSA) is 122 Å². The Kier molecular flexibility index (Phi) is 5.78. The predicted molar refractivity (Wildman–Crippen MR) is 116 cm³/mol. The molecule has 0 unspecified atom stereocenters. The van der Waals surface area contributed by atoms with E-state index in [1.165, 1.54) is 0 Å². The van der Waals surface area contributed by atoms with Crippen LogP contribution in [-0.2, 0) is 19.7 Å². The summed E-state index contributed by atoms with van der Waals surface area (Å²) in [5, 5.41) is 10.9. The third-order valence-corrected chi connectivity index (χ3v) is 7.40. The van der Waals surface area contributed by atoms with Crippen LogP contribution in [0.15, 0.2) is 33.9 Å². The minimum absolute atomic E-state index is 0.118. The third-order valence-electron chi connectivity index (χ3n) is 6.38. The van der Waals surface area contributed by atoms with E-state index < -0.39 is 32.9 Å². The average Bonchev–Trinajstić information content (AvgIpc) is 3.34. The predicted octanol–water partition coefficient (Wildman–Crippen LogP) is 2.81. The Morgan fingerprint density at radius 1 is 1.26 bits per heavy atom. The SMILES string of the molecule is CC1=C(CCCNS(=O)(=O)NC(=O)OC(C)(C)C)C2=C(C)C3(CC3)[C@@](C)(O)C(=O)C2=C1. The van der Waals surface area contributed by atoms with Crippen molar-refractivity contribution in [1.29, 1.82) is 0 Å². The van der Waals surface area contributed by atoms with E-state index in [0.29, 0.717) is 18.4 Å². The Bertz CT molecular complexity index is 1020. The molecule has 31 heavy (non-hydrogen) atoms. The van der Waals surface area contributed by atoms with Gasteiger partial charge in [0.2, 0.25) is 0 Å². The zero-order valence-electron chi connectivity index (χ0n) is 19.0. The van der Waals surface area contributed by atoms with Gasteiger partial charge in [-0.05, 0) is 90.0 Å². The third kappa shape index (κ3) is 4.36. The van der Waals surface area contributed by atoms with Crippen LogP contribution in [0.1, 0.15) is 67.2 Å². The summed E-state index contributed by atoms with van der Waals surface area (Å²) < 4.78 is 33.2. The highest BCUT2D eigenvalue weighted by Crippen LogP contribution is 2.65. The summed E-state index contributed by atoms with van der Waals surface area (Å²) in [6.45, 7) is 10.6. The van der Waals surface area contributed by atoms with Crippen molar-refractivity contribution in [1.82, 2.24) is 9.44 Å². The van der Waals surface area contributed by atoms with Crippen LogP contribution in [0.5, 0.6) is 0 Å². The first-order valence-electron chi connectivity index (χ1n) is 10.5. The fraction of sp³-hybridized carbons (Fsp3) is 0.636. The van der Waals surface area contributed by atoms with E-state index in [4.69, 9.17) is 4.74 Å². The summed E-state index contributed by atoms with van der Waals surface area (Å²) >= 11 is 0. The van der Waals surface area contributed by atoms with E-state index in [1.54, 1.807) is 27.7 Å². The standard InChI is InChI=1S/C22H32N2O6S/c1-13-12-16-17(14(2)22(9-10-22)21(6,27)18(16)25)15(13)8-7-11-23-31(28,29)24-19(26)30-20(3,4)5/h12,23,27H,7-11H2,1-6H3,(H,24,26)/t21-/m0/s1. The largest absolute Gasteiger partial charge is 0.443 e. The summed E-state index contributed by atoms with van der Waals surface area (Å²) in [5.74, 6) is -0.234. The summed E-state index contributed by atoms with van der Waals surface area (Å²) in [6, 6.07) is 0. The van der Waals surface area contributed by atoms with Crippen molar-refractivity contribution < 1.29 is 27.9 Å². The highest BCUT2D eigenvalue weighted by molar-refractivity contribution is 7.88. The van der Waals surface area contributed by atoms with Crippen LogP contribution in [0.4, 0.5) is 4.79 Å². The molecule has 3 aliphatic carbocycles. The molecule has 3 rings (SSSR count). The smallest absolute Gasteiger partial charge is 0.422 e. The molecule has 3 aliphatic rings. The van der Waals surface area contributed by atoms with Crippen LogP contribution < -0.4 is 9.44 Å². The average molecular weight is 453 g/mol. The van der Waals surface area contributed by atoms with Crippen molar-refractivity contribution in [2.75, 3.05) is 6.54 Å². The number of aliphatic hydroxyl groups is 1. The monoisotopic (exact) mass is 452 g/mol. The number of amides is 1. The molecule has 172 valence electrons. The van der Waals surface area contributed by atoms with E-state index >= 15 is 0 Å². The Morgan fingerprint density at radius 3 is 2.42 bits per heavy atom. The van der Waals surface area contributed by atoms with Gasteiger partial charge in [0, 0.05) is 17.5 Å². The normalized spacial score (nSPS) is 25.0. The van der Waals surface area contributed by atoms with Gasteiger partial charge in [-0.2, -0.15) is 13.1 Å². The Labute approximate surface area is 184 Å². The number of carbonyl (C=O) groups excluding carboxylic acids is 2. The van der Waals surface area contributed by atoms with Crippen LogP contribution in [-0.4, -0.2) is 43.1 Å². The van der Waals surface area contributed by atoms with Gasteiger partial charge in [-0.25, -0.2) is 9.52 Å². The fourth-order valence-corrected chi connectivity index (χ4v) is 5.40. The van der Waals surface area contributed by atoms with Crippen LogP contribution in [0.25, 0.3) is 0 Å². The quantitative estimate of drug-likeness (QED) is 0.533. The van der Waals surface area contributed by atoms with Crippen LogP contribution in [0.3, 0.4) is 0 Å². The van der Waals surface area contributed by atoms with Gasteiger partial charge < -0.3 is 9.84 Å².